The molecular formula is C16H28N2O5. The van der Waals surface area contributed by atoms with Gasteiger partial charge in [-0.05, 0) is 26.2 Å². The molecule has 0 aromatic rings. The fourth-order valence-corrected chi connectivity index (χ4v) is 3.81. The molecule has 2 amide bonds. The van der Waals surface area contributed by atoms with Gasteiger partial charge in [0, 0.05) is 24.6 Å². The van der Waals surface area contributed by atoms with E-state index in [0.717, 1.165) is 19.3 Å². The first-order chi connectivity index (χ1) is 11.0. The van der Waals surface area contributed by atoms with E-state index in [9.17, 15) is 9.59 Å². The van der Waals surface area contributed by atoms with Crippen molar-refractivity contribution in [3.63, 3.8) is 0 Å². The number of nitrogens with zero attached hydrogens (tertiary/aromatic N) is 1. The maximum atomic E-state index is 12.5. The molecule has 1 aliphatic heterocycles. The molecule has 0 radical (unpaired) electrons. The second-order valence-corrected chi connectivity index (χ2v) is 6.27. The first kappa shape index (κ1) is 18.0. The molecule has 1 aliphatic carbocycles. The Morgan fingerprint density at radius 2 is 2.04 bits per heavy atom. The molecule has 0 aromatic heterocycles. The van der Waals surface area contributed by atoms with E-state index in [1.807, 2.05) is 6.92 Å². The first-order valence-corrected chi connectivity index (χ1v) is 8.49. The highest BCUT2D eigenvalue weighted by atomic mass is 16.5. The molecule has 0 aromatic carbocycles. The molecule has 0 spiro atoms. The van der Waals surface area contributed by atoms with Crippen LogP contribution in [0.25, 0.3) is 0 Å². The van der Waals surface area contributed by atoms with Gasteiger partial charge in [-0.1, -0.05) is 13.8 Å². The van der Waals surface area contributed by atoms with Crippen LogP contribution >= 0.6 is 0 Å². The SMILES string of the molecule is CCOC1CC(NC(=O)N2CCOC(C(=O)O)C2)C1(CC)CC. The number of morpholine rings is 1. The van der Waals surface area contributed by atoms with Gasteiger partial charge in [0.05, 0.1) is 19.3 Å². The summed E-state index contributed by atoms with van der Waals surface area (Å²) >= 11 is 0. The highest BCUT2D eigenvalue weighted by Gasteiger charge is 2.54. The van der Waals surface area contributed by atoms with Crippen LogP contribution in [0.1, 0.15) is 40.0 Å². The van der Waals surface area contributed by atoms with Gasteiger partial charge >= 0.3 is 12.0 Å². The van der Waals surface area contributed by atoms with Gasteiger partial charge in [0.1, 0.15) is 0 Å². The number of carbonyl (C=O) groups excluding carboxylic acids is 1. The lowest BCUT2D eigenvalue weighted by Crippen LogP contribution is -2.66. The molecule has 1 saturated carbocycles. The Labute approximate surface area is 137 Å². The summed E-state index contributed by atoms with van der Waals surface area (Å²) in [5, 5.41) is 12.1. The number of urea groups is 1. The highest BCUT2D eigenvalue weighted by molar-refractivity contribution is 5.77. The molecule has 0 bridgehead atoms. The second-order valence-electron chi connectivity index (χ2n) is 6.27. The summed E-state index contributed by atoms with van der Waals surface area (Å²) in [7, 11) is 0. The van der Waals surface area contributed by atoms with Crippen LogP contribution in [0, 0.1) is 5.41 Å². The zero-order valence-electron chi connectivity index (χ0n) is 14.2. The maximum Gasteiger partial charge on any atom is 0.334 e. The minimum atomic E-state index is -1.03. The number of nitrogens with one attached hydrogen (secondary N) is 1. The average molecular weight is 328 g/mol. The summed E-state index contributed by atoms with van der Waals surface area (Å²) < 4.78 is 11.0. The third-order valence-electron chi connectivity index (χ3n) is 5.40. The van der Waals surface area contributed by atoms with Crippen LogP contribution in [-0.4, -0.2) is 66.6 Å². The molecule has 2 rings (SSSR count). The minimum absolute atomic E-state index is 0.0237. The van der Waals surface area contributed by atoms with Crippen molar-refractivity contribution < 1.29 is 24.2 Å². The van der Waals surface area contributed by atoms with Crippen molar-refractivity contribution in [2.75, 3.05) is 26.3 Å². The van der Waals surface area contributed by atoms with Gasteiger partial charge in [0.15, 0.2) is 6.10 Å². The summed E-state index contributed by atoms with van der Waals surface area (Å²) in [6.07, 6.45) is 1.95. The Hall–Kier alpha value is -1.34. The Bertz CT molecular complexity index is 438. The monoisotopic (exact) mass is 328 g/mol. The quantitative estimate of drug-likeness (QED) is 0.771. The van der Waals surface area contributed by atoms with Gasteiger partial charge in [-0.25, -0.2) is 9.59 Å². The van der Waals surface area contributed by atoms with E-state index in [1.54, 1.807) is 0 Å². The standard InChI is InChI=1S/C16H28N2O5/c1-4-16(5-2)12(9-13(16)22-6-3)17-15(21)18-7-8-23-11(10-18)14(19)20/h11-13H,4-10H2,1-3H3,(H,17,21)(H,19,20). The lowest BCUT2D eigenvalue weighted by atomic mass is 9.58. The van der Waals surface area contributed by atoms with Crippen LogP contribution in [-0.2, 0) is 14.3 Å². The summed E-state index contributed by atoms with van der Waals surface area (Å²) in [5.41, 5.74) is -0.0237. The van der Waals surface area contributed by atoms with Crippen molar-refractivity contribution in [1.29, 1.82) is 0 Å². The molecule has 23 heavy (non-hydrogen) atoms. The summed E-state index contributed by atoms with van der Waals surface area (Å²) in [4.78, 5) is 25.0. The molecule has 3 unspecified atom stereocenters. The zero-order chi connectivity index (χ0) is 17.0. The number of hydrogen-bond acceptors (Lipinski definition) is 4. The van der Waals surface area contributed by atoms with Crippen molar-refractivity contribution in [2.24, 2.45) is 5.41 Å². The number of aliphatic carboxylic acids is 1. The summed E-state index contributed by atoms with van der Waals surface area (Å²) in [6, 6.07) is -0.126. The molecule has 2 aliphatic rings. The van der Waals surface area contributed by atoms with Gasteiger partial charge in [-0.15, -0.1) is 0 Å². The fourth-order valence-electron chi connectivity index (χ4n) is 3.81. The molecule has 132 valence electrons. The Morgan fingerprint density at radius 3 is 2.61 bits per heavy atom. The van der Waals surface area contributed by atoms with Gasteiger partial charge in [0.2, 0.25) is 0 Å². The smallest absolute Gasteiger partial charge is 0.334 e. The van der Waals surface area contributed by atoms with Crippen LogP contribution in [0.2, 0.25) is 0 Å². The predicted molar refractivity (Wildman–Crippen MR) is 84.3 cm³/mol. The lowest BCUT2D eigenvalue weighted by Gasteiger charge is -2.55. The third kappa shape index (κ3) is 3.45. The number of hydrogen-bond donors (Lipinski definition) is 2. The Balaban J connectivity index is 1.96. The third-order valence-corrected chi connectivity index (χ3v) is 5.40. The Kier molecular flexibility index (Phi) is 5.86. The number of ether oxygens (including phenoxy) is 2. The van der Waals surface area contributed by atoms with E-state index in [-0.39, 0.29) is 36.7 Å². The van der Waals surface area contributed by atoms with E-state index < -0.39 is 12.1 Å². The lowest BCUT2D eigenvalue weighted by molar-refractivity contribution is -0.154. The van der Waals surface area contributed by atoms with Crippen molar-refractivity contribution in [1.82, 2.24) is 10.2 Å². The van der Waals surface area contributed by atoms with E-state index in [1.165, 1.54) is 4.90 Å². The van der Waals surface area contributed by atoms with Crippen LogP contribution < -0.4 is 5.32 Å². The molecule has 1 heterocycles. The summed E-state index contributed by atoms with van der Waals surface area (Å²) in [6.45, 7) is 7.68. The van der Waals surface area contributed by atoms with Crippen LogP contribution in [0.15, 0.2) is 0 Å². The van der Waals surface area contributed by atoms with E-state index >= 15 is 0 Å². The van der Waals surface area contributed by atoms with Crippen LogP contribution in [0.5, 0.6) is 0 Å². The molecular weight excluding hydrogens is 300 g/mol. The zero-order valence-corrected chi connectivity index (χ0v) is 14.2. The van der Waals surface area contributed by atoms with Crippen LogP contribution in [0.3, 0.4) is 0 Å². The molecule has 2 N–H and O–H groups in total. The Morgan fingerprint density at radius 1 is 1.35 bits per heavy atom. The topological polar surface area (TPSA) is 88.1 Å². The van der Waals surface area contributed by atoms with Crippen LogP contribution in [0.4, 0.5) is 4.79 Å². The molecule has 1 saturated heterocycles. The predicted octanol–water partition coefficient (Wildman–Crippen LogP) is 1.47. The average Bonchev–Trinajstić information content (AvgIpc) is 2.55. The molecule has 2 fully saturated rings. The fraction of sp³-hybridized carbons (Fsp3) is 0.875. The number of amides is 2. The minimum Gasteiger partial charge on any atom is -0.479 e. The normalized spacial score (nSPS) is 29.7. The van der Waals surface area contributed by atoms with Gasteiger partial charge < -0.3 is 24.8 Å². The number of carboxylic acid groups (broad SMARTS) is 1. The van der Waals surface area contributed by atoms with Crippen molar-refractivity contribution in [3.05, 3.63) is 0 Å². The van der Waals surface area contributed by atoms with Gasteiger partial charge in [0.25, 0.3) is 0 Å². The van der Waals surface area contributed by atoms with Gasteiger partial charge in [-0.3, -0.25) is 0 Å². The summed E-state index contributed by atoms with van der Waals surface area (Å²) in [5.74, 6) is -1.03. The largest absolute Gasteiger partial charge is 0.479 e. The van der Waals surface area contributed by atoms with E-state index in [2.05, 4.69) is 19.2 Å². The van der Waals surface area contributed by atoms with Crippen molar-refractivity contribution in [2.45, 2.75) is 58.3 Å². The molecule has 7 nitrogen and oxygen atoms in total. The number of carboxylic acids is 1. The van der Waals surface area contributed by atoms with E-state index in [4.69, 9.17) is 14.6 Å². The van der Waals surface area contributed by atoms with E-state index in [0.29, 0.717) is 13.2 Å². The molecule has 7 heteroatoms. The van der Waals surface area contributed by atoms with Crippen molar-refractivity contribution in [3.8, 4) is 0 Å². The number of carbonyl (C=O) groups is 2. The maximum absolute atomic E-state index is 12.5. The number of rotatable bonds is 6. The second kappa shape index (κ2) is 7.49. The molecule has 3 atom stereocenters. The highest BCUT2D eigenvalue weighted by Crippen LogP contribution is 2.48. The van der Waals surface area contributed by atoms with Gasteiger partial charge in [-0.2, -0.15) is 0 Å². The first-order valence-electron chi connectivity index (χ1n) is 8.49. The van der Waals surface area contributed by atoms with Crippen molar-refractivity contribution >= 4 is 12.0 Å².